The third-order valence-corrected chi connectivity index (χ3v) is 3.43. The van der Waals surface area contributed by atoms with Gasteiger partial charge < -0.3 is 19.2 Å². The molecule has 2 rings (SSSR count). The predicted molar refractivity (Wildman–Crippen MR) is 74.0 cm³/mol. The minimum Gasteiger partial charge on any atom is -0.465 e. The second kappa shape index (κ2) is 7.68. The summed E-state index contributed by atoms with van der Waals surface area (Å²) < 4.78 is 16.8. The fourth-order valence-electron chi connectivity index (χ4n) is 2.26. The Morgan fingerprint density at radius 1 is 1.47 bits per heavy atom. The summed E-state index contributed by atoms with van der Waals surface area (Å²) in [5, 5.41) is 3.34. The molecule has 0 aliphatic carbocycles. The molecule has 1 aromatic rings. The SMILES string of the molecule is CCCNCc1cc(COCC2CCOC2)c(C)o1. The van der Waals surface area contributed by atoms with Crippen LogP contribution in [0.2, 0.25) is 0 Å². The van der Waals surface area contributed by atoms with E-state index in [1.54, 1.807) is 0 Å². The monoisotopic (exact) mass is 267 g/mol. The molecular weight excluding hydrogens is 242 g/mol. The van der Waals surface area contributed by atoms with Gasteiger partial charge in [-0.15, -0.1) is 0 Å². The number of aryl methyl sites for hydroxylation is 1. The van der Waals surface area contributed by atoms with Crippen molar-refractivity contribution in [3.63, 3.8) is 0 Å². The summed E-state index contributed by atoms with van der Waals surface area (Å²) in [6, 6.07) is 2.10. The molecule has 1 fully saturated rings. The molecule has 1 aliphatic heterocycles. The van der Waals surface area contributed by atoms with Crippen LogP contribution < -0.4 is 5.32 Å². The second-order valence-corrected chi connectivity index (χ2v) is 5.22. The van der Waals surface area contributed by atoms with Crippen molar-refractivity contribution in [2.45, 2.75) is 39.8 Å². The van der Waals surface area contributed by atoms with E-state index in [9.17, 15) is 0 Å². The third kappa shape index (κ3) is 4.64. The van der Waals surface area contributed by atoms with Crippen LogP contribution in [0.5, 0.6) is 0 Å². The number of rotatable bonds is 8. The summed E-state index contributed by atoms with van der Waals surface area (Å²) in [5.41, 5.74) is 1.16. The molecule has 0 saturated carbocycles. The Bertz CT molecular complexity index is 369. The van der Waals surface area contributed by atoms with Crippen LogP contribution in [0.15, 0.2) is 10.5 Å². The van der Waals surface area contributed by atoms with Gasteiger partial charge in [0.25, 0.3) is 0 Å². The van der Waals surface area contributed by atoms with Gasteiger partial charge in [-0.25, -0.2) is 0 Å². The van der Waals surface area contributed by atoms with Gasteiger partial charge in [-0.1, -0.05) is 6.92 Å². The summed E-state index contributed by atoms with van der Waals surface area (Å²) >= 11 is 0. The first-order chi connectivity index (χ1) is 9.29. The van der Waals surface area contributed by atoms with E-state index in [4.69, 9.17) is 13.9 Å². The average molecular weight is 267 g/mol. The second-order valence-electron chi connectivity index (χ2n) is 5.22. The van der Waals surface area contributed by atoms with Gasteiger partial charge in [0.05, 0.1) is 26.4 Å². The highest BCUT2D eigenvalue weighted by atomic mass is 16.5. The lowest BCUT2D eigenvalue weighted by Gasteiger charge is -2.07. The molecule has 1 saturated heterocycles. The van der Waals surface area contributed by atoms with E-state index in [1.165, 1.54) is 0 Å². The molecule has 0 bridgehead atoms. The molecule has 1 unspecified atom stereocenters. The minimum absolute atomic E-state index is 0.567. The van der Waals surface area contributed by atoms with Crippen LogP contribution in [0, 0.1) is 12.8 Å². The zero-order chi connectivity index (χ0) is 13.5. The van der Waals surface area contributed by atoms with Crippen molar-refractivity contribution in [3.8, 4) is 0 Å². The van der Waals surface area contributed by atoms with Crippen molar-refractivity contribution >= 4 is 0 Å². The van der Waals surface area contributed by atoms with Gasteiger partial charge in [-0.3, -0.25) is 0 Å². The number of nitrogens with one attached hydrogen (secondary N) is 1. The molecule has 1 atom stereocenters. The van der Waals surface area contributed by atoms with Crippen LogP contribution in [0.25, 0.3) is 0 Å². The lowest BCUT2D eigenvalue weighted by Crippen LogP contribution is -2.13. The fraction of sp³-hybridized carbons (Fsp3) is 0.733. The molecular formula is C15H25NO3. The van der Waals surface area contributed by atoms with Crippen LogP contribution in [0.4, 0.5) is 0 Å². The highest BCUT2D eigenvalue weighted by Crippen LogP contribution is 2.17. The number of ether oxygens (including phenoxy) is 2. The lowest BCUT2D eigenvalue weighted by atomic mass is 10.1. The van der Waals surface area contributed by atoms with E-state index in [0.29, 0.717) is 12.5 Å². The molecule has 0 aromatic carbocycles. The Balaban J connectivity index is 1.72. The number of furan rings is 1. The summed E-state index contributed by atoms with van der Waals surface area (Å²) in [6.45, 7) is 9.13. The lowest BCUT2D eigenvalue weighted by molar-refractivity contribution is 0.0785. The first kappa shape index (κ1) is 14.6. The Hall–Kier alpha value is -0.840. The van der Waals surface area contributed by atoms with E-state index in [0.717, 1.165) is 62.8 Å². The number of hydrogen-bond donors (Lipinski definition) is 1. The van der Waals surface area contributed by atoms with Crippen LogP contribution in [-0.4, -0.2) is 26.4 Å². The minimum atomic E-state index is 0.567. The summed E-state index contributed by atoms with van der Waals surface area (Å²) in [6.07, 6.45) is 2.26. The molecule has 1 aromatic heterocycles. The van der Waals surface area contributed by atoms with Gasteiger partial charge >= 0.3 is 0 Å². The molecule has 1 N–H and O–H groups in total. The summed E-state index contributed by atoms with van der Waals surface area (Å²) in [5.74, 6) is 2.53. The smallest absolute Gasteiger partial charge is 0.118 e. The van der Waals surface area contributed by atoms with Crippen LogP contribution in [-0.2, 0) is 22.6 Å². The zero-order valence-corrected chi connectivity index (χ0v) is 12.0. The van der Waals surface area contributed by atoms with Gasteiger partial charge in [0.15, 0.2) is 0 Å². The molecule has 108 valence electrons. The normalized spacial score (nSPS) is 19.2. The van der Waals surface area contributed by atoms with Crippen LogP contribution in [0.1, 0.15) is 36.8 Å². The molecule has 0 amide bonds. The predicted octanol–water partition coefficient (Wildman–Crippen LogP) is 2.64. The third-order valence-electron chi connectivity index (χ3n) is 3.43. The van der Waals surface area contributed by atoms with Gasteiger partial charge in [0, 0.05) is 18.1 Å². The summed E-state index contributed by atoms with van der Waals surface area (Å²) in [7, 11) is 0. The Morgan fingerprint density at radius 2 is 2.37 bits per heavy atom. The van der Waals surface area contributed by atoms with Crippen molar-refractivity contribution in [1.29, 1.82) is 0 Å². The van der Waals surface area contributed by atoms with Crippen LogP contribution >= 0.6 is 0 Å². The molecule has 1 aliphatic rings. The number of hydrogen-bond acceptors (Lipinski definition) is 4. The molecule has 19 heavy (non-hydrogen) atoms. The van der Waals surface area contributed by atoms with Gasteiger partial charge in [-0.2, -0.15) is 0 Å². The van der Waals surface area contributed by atoms with Gasteiger partial charge in [0.2, 0.25) is 0 Å². The van der Waals surface area contributed by atoms with Gasteiger partial charge in [-0.05, 0) is 32.4 Å². The summed E-state index contributed by atoms with van der Waals surface area (Å²) in [4.78, 5) is 0. The Labute approximate surface area is 115 Å². The maximum Gasteiger partial charge on any atom is 0.118 e. The largest absolute Gasteiger partial charge is 0.465 e. The van der Waals surface area contributed by atoms with E-state index >= 15 is 0 Å². The van der Waals surface area contributed by atoms with E-state index in [2.05, 4.69) is 18.3 Å². The van der Waals surface area contributed by atoms with E-state index in [-0.39, 0.29) is 0 Å². The first-order valence-electron chi connectivity index (χ1n) is 7.24. The van der Waals surface area contributed by atoms with Gasteiger partial charge in [0.1, 0.15) is 11.5 Å². The fourth-order valence-corrected chi connectivity index (χ4v) is 2.26. The van der Waals surface area contributed by atoms with Crippen molar-refractivity contribution in [3.05, 3.63) is 23.2 Å². The average Bonchev–Trinajstić information content (AvgIpc) is 3.01. The van der Waals surface area contributed by atoms with Crippen molar-refractivity contribution in [1.82, 2.24) is 5.32 Å². The van der Waals surface area contributed by atoms with Crippen molar-refractivity contribution < 1.29 is 13.9 Å². The molecule has 0 spiro atoms. The molecule has 0 radical (unpaired) electrons. The quantitative estimate of drug-likeness (QED) is 0.735. The topological polar surface area (TPSA) is 43.6 Å². The highest BCUT2D eigenvalue weighted by molar-refractivity contribution is 5.19. The zero-order valence-electron chi connectivity index (χ0n) is 12.0. The molecule has 4 nitrogen and oxygen atoms in total. The molecule has 4 heteroatoms. The van der Waals surface area contributed by atoms with E-state index < -0.39 is 0 Å². The highest BCUT2D eigenvalue weighted by Gasteiger charge is 2.16. The maximum atomic E-state index is 5.76. The van der Waals surface area contributed by atoms with E-state index in [1.807, 2.05) is 6.92 Å². The Morgan fingerprint density at radius 3 is 3.11 bits per heavy atom. The first-order valence-corrected chi connectivity index (χ1v) is 7.24. The van der Waals surface area contributed by atoms with Crippen molar-refractivity contribution in [2.75, 3.05) is 26.4 Å². The van der Waals surface area contributed by atoms with Crippen molar-refractivity contribution in [2.24, 2.45) is 5.92 Å². The maximum absolute atomic E-state index is 5.76. The standard InChI is InChI=1S/C15H25NO3/c1-3-5-16-8-15-7-14(12(2)19-15)11-18-10-13-4-6-17-9-13/h7,13,16H,3-6,8-11H2,1-2H3. The Kier molecular flexibility index (Phi) is 5.89. The van der Waals surface area contributed by atoms with Crippen LogP contribution in [0.3, 0.4) is 0 Å². The molecule has 2 heterocycles.